The second kappa shape index (κ2) is 3.65. The van der Waals surface area contributed by atoms with Gasteiger partial charge in [-0.15, -0.1) is 0 Å². The fraction of sp³-hybridized carbons (Fsp3) is 0.182. The highest BCUT2D eigenvalue weighted by Crippen LogP contribution is 2.22. The third-order valence-corrected chi connectivity index (χ3v) is 2.20. The van der Waals surface area contributed by atoms with Gasteiger partial charge in [-0.2, -0.15) is 4.98 Å². The molecule has 0 bridgehead atoms. The monoisotopic (exact) mass is 203 g/mol. The summed E-state index contributed by atoms with van der Waals surface area (Å²) in [6.07, 6.45) is 1.56. The molecule has 1 aromatic carbocycles. The number of anilines is 2. The third-order valence-electron chi connectivity index (χ3n) is 2.20. The van der Waals surface area contributed by atoms with Gasteiger partial charge >= 0.3 is 0 Å². The van der Waals surface area contributed by atoms with Crippen molar-refractivity contribution in [2.45, 2.75) is 0 Å². The summed E-state index contributed by atoms with van der Waals surface area (Å²) in [5, 5.41) is 0. The zero-order valence-electron chi connectivity index (χ0n) is 8.77. The maximum atomic E-state index is 5.41. The molecule has 78 valence electrons. The van der Waals surface area contributed by atoms with E-state index in [1.165, 1.54) is 0 Å². The largest absolute Gasteiger partial charge is 0.432 e. The molecule has 2 N–H and O–H groups in total. The fourth-order valence-corrected chi connectivity index (χ4v) is 1.35. The Morgan fingerprint density at radius 3 is 2.33 bits per heavy atom. The van der Waals surface area contributed by atoms with Gasteiger partial charge in [0, 0.05) is 25.3 Å². The van der Waals surface area contributed by atoms with E-state index in [0.717, 1.165) is 16.9 Å². The van der Waals surface area contributed by atoms with Crippen molar-refractivity contribution >= 4 is 11.7 Å². The van der Waals surface area contributed by atoms with E-state index in [0.29, 0.717) is 0 Å². The normalized spacial score (nSPS) is 10.3. The first-order valence-corrected chi connectivity index (χ1v) is 4.65. The van der Waals surface area contributed by atoms with E-state index in [1.54, 1.807) is 6.26 Å². The standard InChI is InChI=1S/C11H13N3O/c1-14(2)9-5-3-8(4-6-9)10-7-15-11(12)13-10/h3-7H,1-2H3,(H2,12,13). The van der Waals surface area contributed by atoms with Crippen LogP contribution in [-0.2, 0) is 0 Å². The molecule has 0 aliphatic heterocycles. The molecule has 0 fully saturated rings. The highest BCUT2D eigenvalue weighted by molar-refractivity contribution is 5.62. The minimum Gasteiger partial charge on any atom is -0.432 e. The molecule has 0 radical (unpaired) electrons. The third kappa shape index (κ3) is 1.93. The molecule has 1 heterocycles. The number of hydrogen-bond acceptors (Lipinski definition) is 4. The van der Waals surface area contributed by atoms with Gasteiger partial charge in [0.1, 0.15) is 12.0 Å². The Morgan fingerprint density at radius 2 is 1.87 bits per heavy atom. The maximum Gasteiger partial charge on any atom is 0.292 e. The van der Waals surface area contributed by atoms with Crippen LogP contribution in [0.4, 0.5) is 11.7 Å². The molecule has 0 saturated carbocycles. The highest BCUT2D eigenvalue weighted by atomic mass is 16.4. The molecule has 15 heavy (non-hydrogen) atoms. The van der Waals surface area contributed by atoms with Gasteiger partial charge in [-0.3, -0.25) is 0 Å². The van der Waals surface area contributed by atoms with E-state index >= 15 is 0 Å². The number of benzene rings is 1. The molecule has 1 aromatic heterocycles. The van der Waals surface area contributed by atoms with Gasteiger partial charge in [-0.05, 0) is 12.1 Å². The minimum absolute atomic E-state index is 0.196. The summed E-state index contributed by atoms with van der Waals surface area (Å²) in [4.78, 5) is 6.10. The van der Waals surface area contributed by atoms with Gasteiger partial charge < -0.3 is 15.1 Å². The Balaban J connectivity index is 2.31. The Kier molecular flexibility index (Phi) is 2.33. The van der Waals surface area contributed by atoms with Crippen molar-refractivity contribution in [3.63, 3.8) is 0 Å². The van der Waals surface area contributed by atoms with E-state index < -0.39 is 0 Å². The molecule has 0 saturated heterocycles. The molecule has 0 spiro atoms. The lowest BCUT2D eigenvalue weighted by Crippen LogP contribution is -2.07. The molecular weight excluding hydrogens is 190 g/mol. The Hall–Kier alpha value is -1.97. The fourth-order valence-electron chi connectivity index (χ4n) is 1.35. The first kappa shape index (κ1) is 9.58. The van der Waals surface area contributed by atoms with Gasteiger partial charge in [-0.1, -0.05) is 12.1 Å². The molecule has 0 amide bonds. The first-order valence-electron chi connectivity index (χ1n) is 4.65. The van der Waals surface area contributed by atoms with E-state index in [9.17, 15) is 0 Å². The SMILES string of the molecule is CN(C)c1ccc(-c2coc(N)n2)cc1. The van der Waals surface area contributed by atoms with Crippen LogP contribution in [0.25, 0.3) is 11.3 Å². The summed E-state index contributed by atoms with van der Waals surface area (Å²) < 4.78 is 4.95. The molecule has 0 aliphatic rings. The lowest BCUT2D eigenvalue weighted by molar-refractivity contribution is 0.581. The van der Waals surface area contributed by atoms with Gasteiger partial charge in [-0.25, -0.2) is 0 Å². The van der Waals surface area contributed by atoms with Crippen LogP contribution in [0.2, 0.25) is 0 Å². The summed E-state index contributed by atoms with van der Waals surface area (Å²) in [5.74, 6) is 0. The molecule has 4 heteroatoms. The number of hydrogen-bond donors (Lipinski definition) is 1. The molecule has 0 unspecified atom stereocenters. The Labute approximate surface area is 88.3 Å². The maximum absolute atomic E-state index is 5.41. The summed E-state index contributed by atoms with van der Waals surface area (Å²) >= 11 is 0. The van der Waals surface area contributed by atoms with Crippen molar-refractivity contribution in [1.82, 2.24) is 4.98 Å². The van der Waals surface area contributed by atoms with Crippen molar-refractivity contribution in [2.24, 2.45) is 0 Å². The summed E-state index contributed by atoms with van der Waals surface area (Å²) in [6, 6.07) is 8.24. The first-order chi connectivity index (χ1) is 7.16. The minimum atomic E-state index is 0.196. The van der Waals surface area contributed by atoms with Crippen LogP contribution in [-0.4, -0.2) is 19.1 Å². The van der Waals surface area contributed by atoms with Gasteiger partial charge in [0.15, 0.2) is 0 Å². The van der Waals surface area contributed by atoms with Gasteiger partial charge in [0.05, 0.1) is 0 Å². The highest BCUT2D eigenvalue weighted by Gasteiger charge is 2.03. The molecule has 0 atom stereocenters. The number of aromatic nitrogens is 1. The molecule has 2 rings (SSSR count). The number of rotatable bonds is 2. The van der Waals surface area contributed by atoms with Crippen LogP contribution in [0, 0.1) is 0 Å². The van der Waals surface area contributed by atoms with Crippen LogP contribution in [0.1, 0.15) is 0 Å². The van der Waals surface area contributed by atoms with Crippen LogP contribution in [0.15, 0.2) is 34.9 Å². The predicted octanol–water partition coefficient (Wildman–Crippen LogP) is 1.99. The van der Waals surface area contributed by atoms with Crippen molar-refractivity contribution in [3.05, 3.63) is 30.5 Å². The zero-order chi connectivity index (χ0) is 10.8. The zero-order valence-corrected chi connectivity index (χ0v) is 8.77. The number of nitrogens with two attached hydrogens (primary N) is 1. The quantitative estimate of drug-likeness (QED) is 0.811. The lowest BCUT2D eigenvalue weighted by atomic mass is 10.1. The van der Waals surface area contributed by atoms with Crippen molar-refractivity contribution in [2.75, 3.05) is 24.7 Å². The van der Waals surface area contributed by atoms with Crippen molar-refractivity contribution in [1.29, 1.82) is 0 Å². The molecule has 2 aromatic rings. The smallest absolute Gasteiger partial charge is 0.292 e. The van der Waals surface area contributed by atoms with Crippen LogP contribution in [0.3, 0.4) is 0 Å². The number of nitrogen functional groups attached to an aromatic ring is 1. The number of nitrogens with zero attached hydrogens (tertiary/aromatic N) is 2. The lowest BCUT2D eigenvalue weighted by Gasteiger charge is -2.11. The van der Waals surface area contributed by atoms with Gasteiger partial charge in [0.2, 0.25) is 0 Å². The Bertz CT molecular complexity index is 445. The number of oxazole rings is 1. The average molecular weight is 203 g/mol. The summed E-state index contributed by atoms with van der Waals surface area (Å²) in [7, 11) is 4.01. The van der Waals surface area contributed by atoms with E-state index in [1.807, 2.05) is 43.3 Å². The second-order valence-electron chi connectivity index (χ2n) is 3.51. The van der Waals surface area contributed by atoms with E-state index in [4.69, 9.17) is 10.2 Å². The molecule has 0 aliphatic carbocycles. The molecule has 4 nitrogen and oxygen atoms in total. The Morgan fingerprint density at radius 1 is 1.20 bits per heavy atom. The topological polar surface area (TPSA) is 55.3 Å². The van der Waals surface area contributed by atoms with Crippen LogP contribution in [0.5, 0.6) is 0 Å². The molecular formula is C11H13N3O. The van der Waals surface area contributed by atoms with Crippen LogP contribution < -0.4 is 10.6 Å². The summed E-state index contributed by atoms with van der Waals surface area (Å²) in [6.45, 7) is 0. The van der Waals surface area contributed by atoms with Crippen molar-refractivity contribution in [3.8, 4) is 11.3 Å². The van der Waals surface area contributed by atoms with Gasteiger partial charge in [0.25, 0.3) is 6.01 Å². The summed E-state index contributed by atoms with van der Waals surface area (Å²) in [5.41, 5.74) is 8.32. The van der Waals surface area contributed by atoms with E-state index in [-0.39, 0.29) is 6.01 Å². The predicted molar refractivity (Wildman–Crippen MR) is 60.7 cm³/mol. The average Bonchev–Trinajstić information content (AvgIpc) is 2.65. The van der Waals surface area contributed by atoms with Crippen molar-refractivity contribution < 1.29 is 4.42 Å². The van der Waals surface area contributed by atoms with Crippen LogP contribution >= 0.6 is 0 Å². The second-order valence-corrected chi connectivity index (χ2v) is 3.51. The van der Waals surface area contributed by atoms with E-state index in [2.05, 4.69) is 4.98 Å².